The molecule has 1 fully saturated rings. The molecule has 1 atom stereocenters. The number of esters is 2. The molecular formula is C13H12FNO5. The molecule has 1 saturated heterocycles. The van der Waals surface area contributed by atoms with Crippen LogP contribution in [0.4, 0.5) is 4.39 Å². The molecule has 0 bridgehead atoms. The predicted molar refractivity (Wildman–Crippen MR) is 64.2 cm³/mol. The Morgan fingerprint density at radius 2 is 2.25 bits per heavy atom. The highest BCUT2D eigenvalue weighted by atomic mass is 19.1. The summed E-state index contributed by atoms with van der Waals surface area (Å²) in [5.74, 6) is -2.49. The lowest BCUT2D eigenvalue weighted by molar-refractivity contribution is -0.159. The number of rotatable bonds is 4. The number of hydrogen-bond donors (Lipinski definition) is 1. The Balaban J connectivity index is 1.81. The van der Waals surface area contributed by atoms with E-state index < -0.39 is 36.3 Å². The fourth-order valence-electron chi connectivity index (χ4n) is 1.67. The summed E-state index contributed by atoms with van der Waals surface area (Å²) in [6.07, 6.45) is -0.601. The predicted octanol–water partition coefficient (Wildman–Crippen LogP) is 0.414. The van der Waals surface area contributed by atoms with Gasteiger partial charge in [-0.2, -0.15) is 0 Å². The quantitative estimate of drug-likeness (QED) is 0.809. The molecule has 2 rings (SSSR count). The lowest BCUT2D eigenvalue weighted by atomic mass is 10.2. The summed E-state index contributed by atoms with van der Waals surface area (Å²) in [6.45, 7) is -0.189. The number of benzene rings is 1. The molecule has 0 radical (unpaired) electrons. The minimum atomic E-state index is -0.909. The zero-order chi connectivity index (χ0) is 14.5. The molecule has 6 nitrogen and oxygen atoms in total. The highest BCUT2D eigenvalue weighted by molar-refractivity contribution is 5.96. The van der Waals surface area contributed by atoms with E-state index in [1.54, 1.807) is 0 Å². The first-order valence-corrected chi connectivity index (χ1v) is 5.96. The van der Waals surface area contributed by atoms with Gasteiger partial charge in [0.2, 0.25) is 6.10 Å². The van der Waals surface area contributed by atoms with Crippen molar-refractivity contribution in [1.29, 1.82) is 0 Å². The van der Waals surface area contributed by atoms with Gasteiger partial charge in [0.25, 0.3) is 5.91 Å². The Kier molecular flexibility index (Phi) is 4.29. The summed E-state index contributed by atoms with van der Waals surface area (Å²) in [5.41, 5.74) is 0.0954. The SMILES string of the molecule is O=C(CNC(=O)c1cccc(F)c1)O[C@H]1CCOC1=O. The molecule has 1 amide bonds. The number of carbonyl (C=O) groups excluding carboxylic acids is 3. The molecule has 7 heteroatoms. The van der Waals surface area contributed by atoms with Crippen molar-refractivity contribution in [2.24, 2.45) is 0 Å². The van der Waals surface area contributed by atoms with E-state index in [4.69, 9.17) is 4.74 Å². The van der Waals surface area contributed by atoms with Crippen molar-refractivity contribution in [2.45, 2.75) is 12.5 Å². The van der Waals surface area contributed by atoms with Gasteiger partial charge in [-0.3, -0.25) is 9.59 Å². The fraction of sp³-hybridized carbons (Fsp3) is 0.308. The molecule has 0 aliphatic carbocycles. The molecule has 106 valence electrons. The Morgan fingerprint density at radius 3 is 2.90 bits per heavy atom. The molecular weight excluding hydrogens is 269 g/mol. The molecule has 20 heavy (non-hydrogen) atoms. The largest absolute Gasteiger partial charge is 0.463 e. The van der Waals surface area contributed by atoms with Crippen LogP contribution in [0.5, 0.6) is 0 Å². The molecule has 1 aromatic rings. The van der Waals surface area contributed by atoms with Crippen LogP contribution in [-0.2, 0) is 19.1 Å². The van der Waals surface area contributed by atoms with Gasteiger partial charge in [0, 0.05) is 12.0 Å². The monoisotopic (exact) mass is 281 g/mol. The van der Waals surface area contributed by atoms with Gasteiger partial charge in [-0.05, 0) is 18.2 Å². The third-order valence-corrected chi connectivity index (χ3v) is 2.64. The van der Waals surface area contributed by atoms with Crippen LogP contribution >= 0.6 is 0 Å². The van der Waals surface area contributed by atoms with Crippen LogP contribution in [0.2, 0.25) is 0 Å². The average Bonchev–Trinajstić information content (AvgIpc) is 2.81. The van der Waals surface area contributed by atoms with Crippen molar-refractivity contribution in [3.05, 3.63) is 35.6 Å². The van der Waals surface area contributed by atoms with Crippen molar-refractivity contribution in [2.75, 3.05) is 13.2 Å². The van der Waals surface area contributed by atoms with Crippen LogP contribution in [-0.4, -0.2) is 37.1 Å². The van der Waals surface area contributed by atoms with Crippen LogP contribution < -0.4 is 5.32 Å². The van der Waals surface area contributed by atoms with Gasteiger partial charge in [-0.15, -0.1) is 0 Å². The van der Waals surface area contributed by atoms with Gasteiger partial charge in [0.1, 0.15) is 12.4 Å². The summed E-state index contributed by atoms with van der Waals surface area (Å²) < 4.78 is 22.4. The van der Waals surface area contributed by atoms with Crippen molar-refractivity contribution < 1.29 is 28.2 Å². The summed E-state index contributed by atoms with van der Waals surface area (Å²) >= 11 is 0. The average molecular weight is 281 g/mol. The lowest BCUT2D eigenvalue weighted by Crippen LogP contribution is -2.33. The number of nitrogens with one attached hydrogen (secondary N) is 1. The zero-order valence-corrected chi connectivity index (χ0v) is 10.4. The van der Waals surface area contributed by atoms with E-state index in [1.807, 2.05) is 0 Å². The van der Waals surface area contributed by atoms with Gasteiger partial charge in [-0.1, -0.05) is 6.07 Å². The van der Waals surface area contributed by atoms with E-state index >= 15 is 0 Å². The summed E-state index contributed by atoms with van der Waals surface area (Å²) in [7, 11) is 0. The highest BCUT2D eigenvalue weighted by Crippen LogP contribution is 2.10. The summed E-state index contributed by atoms with van der Waals surface area (Å²) in [4.78, 5) is 34.1. The Hall–Kier alpha value is -2.44. The first-order chi connectivity index (χ1) is 9.56. The molecule has 1 aliphatic rings. The van der Waals surface area contributed by atoms with Crippen molar-refractivity contribution in [1.82, 2.24) is 5.32 Å². The Morgan fingerprint density at radius 1 is 1.45 bits per heavy atom. The second-order valence-electron chi connectivity index (χ2n) is 4.13. The lowest BCUT2D eigenvalue weighted by Gasteiger charge is -2.09. The van der Waals surface area contributed by atoms with Crippen molar-refractivity contribution in [3.8, 4) is 0 Å². The van der Waals surface area contributed by atoms with Gasteiger partial charge in [-0.25, -0.2) is 9.18 Å². The van der Waals surface area contributed by atoms with Crippen LogP contribution in [0.1, 0.15) is 16.8 Å². The van der Waals surface area contributed by atoms with E-state index in [9.17, 15) is 18.8 Å². The van der Waals surface area contributed by atoms with E-state index in [-0.39, 0.29) is 12.2 Å². The molecule has 0 spiro atoms. The molecule has 0 unspecified atom stereocenters. The fourth-order valence-corrected chi connectivity index (χ4v) is 1.67. The highest BCUT2D eigenvalue weighted by Gasteiger charge is 2.30. The van der Waals surface area contributed by atoms with Crippen LogP contribution in [0.25, 0.3) is 0 Å². The first kappa shape index (κ1) is 14.0. The van der Waals surface area contributed by atoms with Gasteiger partial charge in [0.15, 0.2) is 0 Å². The maximum Gasteiger partial charge on any atom is 0.347 e. The van der Waals surface area contributed by atoms with Gasteiger partial charge < -0.3 is 14.8 Å². The Labute approximate surface area is 113 Å². The maximum absolute atomic E-state index is 12.9. The molecule has 1 aliphatic heterocycles. The van der Waals surface area contributed by atoms with Crippen LogP contribution in [0, 0.1) is 5.82 Å². The van der Waals surface area contributed by atoms with Crippen LogP contribution in [0.3, 0.4) is 0 Å². The minimum absolute atomic E-state index is 0.0954. The van der Waals surface area contributed by atoms with E-state index in [1.165, 1.54) is 18.2 Å². The normalized spacial score (nSPS) is 17.4. The van der Waals surface area contributed by atoms with Crippen LogP contribution in [0.15, 0.2) is 24.3 Å². The third kappa shape index (κ3) is 3.53. The van der Waals surface area contributed by atoms with E-state index in [0.717, 1.165) is 6.07 Å². The molecule has 1 heterocycles. The van der Waals surface area contributed by atoms with Crippen molar-refractivity contribution >= 4 is 17.8 Å². The third-order valence-electron chi connectivity index (χ3n) is 2.64. The standard InChI is InChI=1S/C13H12FNO5/c14-9-3-1-2-8(6-9)12(17)15-7-11(16)20-10-4-5-19-13(10)18/h1-3,6,10H,4-5,7H2,(H,15,17)/t10-/m0/s1. The summed E-state index contributed by atoms with van der Waals surface area (Å²) in [5, 5.41) is 2.28. The molecule has 0 aromatic heterocycles. The second-order valence-corrected chi connectivity index (χ2v) is 4.13. The summed E-state index contributed by atoms with van der Waals surface area (Å²) in [6, 6.07) is 5.06. The number of halogens is 1. The van der Waals surface area contributed by atoms with Gasteiger partial charge in [0.05, 0.1) is 6.61 Å². The topological polar surface area (TPSA) is 81.7 Å². The minimum Gasteiger partial charge on any atom is -0.463 e. The number of ether oxygens (including phenoxy) is 2. The molecule has 1 N–H and O–H groups in total. The Bertz CT molecular complexity index is 545. The number of hydrogen-bond acceptors (Lipinski definition) is 5. The van der Waals surface area contributed by atoms with Crippen molar-refractivity contribution in [3.63, 3.8) is 0 Å². The molecule has 1 aromatic carbocycles. The smallest absolute Gasteiger partial charge is 0.347 e. The zero-order valence-electron chi connectivity index (χ0n) is 10.4. The van der Waals surface area contributed by atoms with E-state index in [2.05, 4.69) is 10.1 Å². The number of carbonyl (C=O) groups is 3. The van der Waals surface area contributed by atoms with Gasteiger partial charge >= 0.3 is 11.9 Å². The maximum atomic E-state index is 12.9. The van der Waals surface area contributed by atoms with E-state index in [0.29, 0.717) is 6.42 Å². The first-order valence-electron chi connectivity index (χ1n) is 5.96. The second kappa shape index (κ2) is 6.14. The number of cyclic esters (lactones) is 1. The molecule has 0 saturated carbocycles. The number of amides is 1.